The molecule has 4 nitrogen and oxygen atoms in total. The van der Waals surface area contributed by atoms with Crippen LogP contribution in [0.15, 0.2) is 18.5 Å². The van der Waals surface area contributed by atoms with Crippen LogP contribution < -0.4 is 5.32 Å². The molecule has 1 atom stereocenters. The summed E-state index contributed by atoms with van der Waals surface area (Å²) in [6, 6.07) is 1.76. The van der Waals surface area contributed by atoms with Crippen molar-refractivity contribution in [1.82, 2.24) is 15.2 Å². The maximum atomic E-state index is 13.3. The molecule has 0 unspecified atom stereocenters. The van der Waals surface area contributed by atoms with Crippen LogP contribution in [0, 0.1) is 5.82 Å². The molecule has 0 aliphatic carbocycles. The van der Waals surface area contributed by atoms with E-state index in [1.54, 1.807) is 12.3 Å². The highest BCUT2D eigenvalue weighted by molar-refractivity contribution is 5.79. The Labute approximate surface area is 93.5 Å². The minimum atomic E-state index is -0.318. The van der Waals surface area contributed by atoms with Gasteiger partial charge in [0.15, 0.2) is 0 Å². The number of rotatable bonds is 2. The number of aromatic nitrogens is 1. The molecule has 1 aromatic heterocycles. The van der Waals surface area contributed by atoms with Crippen LogP contribution >= 0.6 is 0 Å². The van der Waals surface area contributed by atoms with Crippen LogP contribution in [-0.2, 0) is 11.3 Å². The summed E-state index contributed by atoms with van der Waals surface area (Å²) in [6.07, 6.45) is 2.76. The predicted octanol–water partition coefficient (Wildman–Crippen LogP) is 0.541. The average molecular weight is 223 g/mol. The lowest BCUT2D eigenvalue weighted by atomic mass is 10.2. The van der Waals surface area contributed by atoms with E-state index < -0.39 is 0 Å². The molecular formula is C11H14FN3O. The van der Waals surface area contributed by atoms with Crippen molar-refractivity contribution in [2.75, 3.05) is 13.1 Å². The first-order valence-electron chi connectivity index (χ1n) is 5.25. The van der Waals surface area contributed by atoms with E-state index in [1.807, 2.05) is 11.8 Å². The molecule has 0 aromatic carbocycles. The lowest BCUT2D eigenvalue weighted by molar-refractivity contribution is -0.125. The number of pyridine rings is 1. The SMILES string of the molecule is C[C@H]1CN(Cc2ccncc2F)CC(=O)N1. The zero-order valence-electron chi connectivity index (χ0n) is 9.11. The largest absolute Gasteiger partial charge is 0.351 e. The Morgan fingerprint density at radius 1 is 1.69 bits per heavy atom. The van der Waals surface area contributed by atoms with Gasteiger partial charge in [0.1, 0.15) is 5.82 Å². The summed E-state index contributed by atoms with van der Waals surface area (Å²) >= 11 is 0. The third-order valence-corrected chi connectivity index (χ3v) is 2.56. The highest BCUT2D eigenvalue weighted by Crippen LogP contribution is 2.10. The first-order chi connectivity index (χ1) is 7.65. The van der Waals surface area contributed by atoms with Crippen LogP contribution in [0.3, 0.4) is 0 Å². The molecule has 0 radical (unpaired) electrons. The van der Waals surface area contributed by atoms with E-state index in [1.165, 1.54) is 6.20 Å². The molecule has 1 N–H and O–H groups in total. The van der Waals surface area contributed by atoms with Crippen LogP contribution in [0.4, 0.5) is 4.39 Å². The van der Waals surface area contributed by atoms with Crippen molar-refractivity contribution in [3.8, 4) is 0 Å². The van der Waals surface area contributed by atoms with Gasteiger partial charge in [0.05, 0.1) is 12.7 Å². The third kappa shape index (κ3) is 2.55. The number of hydrogen-bond donors (Lipinski definition) is 1. The van der Waals surface area contributed by atoms with Gasteiger partial charge in [-0.1, -0.05) is 0 Å². The van der Waals surface area contributed by atoms with Gasteiger partial charge in [-0.05, 0) is 13.0 Å². The number of nitrogens with one attached hydrogen (secondary N) is 1. The van der Waals surface area contributed by atoms with Crippen LogP contribution in [0.1, 0.15) is 12.5 Å². The fraction of sp³-hybridized carbons (Fsp3) is 0.455. The molecule has 1 amide bonds. The van der Waals surface area contributed by atoms with Gasteiger partial charge in [-0.25, -0.2) is 4.39 Å². The van der Waals surface area contributed by atoms with Crippen LogP contribution in [-0.4, -0.2) is 34.9 Å². The van der Waals surface area contributed by atoms with E-state index >= 15 is 0 Å². The van der Waals surface area contributed by atoms with E-state index in [-0.39, 0.29) is 17.8 Å². The van der Waals surface area contributed by atoms with Gasteiger partial charge in [-0.3, -0.25) is 14.7 Å². The lowest BCUT2D eigenvalue weighted by Crippen LogP contribution is -2.52. The Bertz CT molecular complexity index is 397. The number of amides is 1. The molecular weight excluding hydrogens is 209 g/mol. The van der Waals surface area contributed by atoms with E-state index in [4.69, 9.17) is 0 Å². The molecule has 1 aromatic rings. The van der Waals surface area contributed by atoms with Crippen LogP contribution in [0.2, 0.25) is 0 Å². The second-order valence-corrected chi connectivity index (χ2v) is 4.11. The summed E-state index contributed by atoms with van der Waals surface area (Å²) in [7, 11) is 0. The standard InChI is InChI=1S/C11H14FN3O/c1-8-5-15(7-11(16)14-8)6-9-2-3-13-4-10(9)12/h2-4,8H,5-7H2,1H3,(H,14,16)/t8-/m0/s1. The quantitative estimate of drug-likeness (QED) is 0.796. The first-order valence-corrected chi connectivity index (χ1v) is 5.25. The normalized spacial score (nSPS) is 21.9. The van der Waals surface area contributed by atoms with E-state index in [2.05, 4.69) is 10.3 Å². The zero-order valence-corrected chi connectivity index (χ0v) is 9.11. The number of carbonyl (C=O) groups is 1. The molecule has 1 saturated heterocycles. The first kappa shape index (κ1) is 11.0. The zero-order chi connectivity index (χ0) is 11.5. The van der Waals surface area contributed by atoms with Crippen molar-refractivity contribution < 1.29 is 9.18 Å². The number of halogens is 1. The van der Waals surface area contributed by atoms with Gasteiger partial charge in [0, 0.05) is 30.9 Å². The Morgan fingerprint density at radius 2 is 2.50 bits per heavy atom. The van der Waals surface area contributed by atoms with Crippen molar-refractivity contribution in [2.45, 2.75) is 19.5 Å². The summed E-state index contributed by atoms with van der Waals surface area (Å²) in [5.74, 6) is -0.325. The number of hydrogen-bond acceptors (Lipinski definition) is 3. The summed E-state index contributed by atoms with van der Waals surface area (Å²) in [5.41, 5.74) is 0.580. The predicted molar refractivity (Wildman–Crippen MR) is 57.1 cm³/mol. The maximum Gasteiger partial charge on any atom is 0.234 e. The van der Waals surface area contributed by atoms with Crippen LogP contribution in [0.25, 0.3) is 0 Å². The molecule has 5 heteroatoms. The number of piperazine rings is 1. The highest BCUT2D eigenvalue weighted by Gasteiger charge is 2.21. The minimum absolute atomic E-state index is 0.00628. The summed E-state index contributed by atoms with van der Waals surface area (Å²) in [5, 5.41) is 2.82. The Morgan fingerprint density at radius 3 is 3.19 bits per heavy atom. The molecule has 2 rings (SSSR count). The topological polar surface area (TPSA) is 45.2 Å². The monoisotopic (exact) mass is 223 g/mol. The fourth-order valence-corrected chi connectivity index (χ4v) is 1.91. The molecule has 1 aliphatic rings. The molecule has 86 valence electrons. The van der Waals surface area contributed by atoms with Crippen molar-refractivity contribution in [1.29, 1.82) is 0 Å². The average Bonchev–Trinajstić information content (AvgIpc) is 2.20. The van der Waals surface area contributed by atoms with Crippen molar-refractivity contribution >= 4 is 5.91 Å². The molecule has 1 aliphatic heterocycles. The van der Waals surface area contributed by atoms with Gasteiger partial charge in [-0.15, -0.1) is 0 Å². The Kier molecular flexibility index (Phi) is 3.14. The van der Waals surface area contributed by atoms with Gasteiger partial charge >= 0.3 is 0 Å². The van der Waals surface area contributed by atoms with Gasteiger partial charge in [0.2, 0.25) is 5.91 Å². The van der Waals surface area contributed by atoms with Crippen molar-refractivity contribution in [3.05, 3.63) is 29.8 Å². The van der Waals surface area contributed by atoms with E-state index in [0.29, 0.717) is 18.7 Å². The lowest BCUT2D eigenvalue weighted by Gasteiger charge is -2.31. The third-order valence-electron chi connectivity index (χ3n) is 2.56. The van der Waals surface area contributed by atoms with Crippen LogP contribution in [0.5, 0.6) is 0 Å². The smallest absolute Gasteiger partial charge is 0.234 e. The summed E-state index contributed by atoms with van der Waals surface area (Å²) in [4.78, 5) is 16.9. The Balaban J connectivity index is 2.04. The molecule has 16 heavy (non-hydrogen) atoms. The van der Waals surface area contributed by atoms with Crippen molar-refractivity contribution in [2.24, 2.45) is 0 Å². The van der Waals surface area contributed by atoms with Gasteiger partial charge in [0.25, 0.3) is 0 Å². The molecule has 0 spiro atoms. The van der Waals surface area contributed by atoms with Gasteiger partial charge < -0.3 is 5.32 Å². The second-order valence-electron chi connectivity index (χ2n) is 4.11. The molecule has 0 bridgehead atoms. The van der Waals surface area contributed by atoms with E-state index in [0.717, 1.165) is 6.54 Å². The summed E-state index contributed by atoms with van der Waals surface area (Å²) < 4.78 is 13.3. The second kappa shape index (κ2) is 4.57. The molecule has 1 fully saturated rings. The number of carbonyl (C=O) groups excluding carboxylic acids is 1. The summed E-state index contributed by atoms with van der Waals surface area (Å²) in [6.45, 7) is 3.46. The van der Waals surface area contributed by atoms with E-state index in [9.17, 15) is 9.18 Å². The molecule has 2 heterocycles. The maximum absolute atomic E-state index is 13.3. The number of nitrogens with zero attached hydrogens (tertiary/aromatic N) is 2. The Hall–Kier alpha value is -1.49. The van der Waals surface area contributed by atoms with Gasteiger partial charge in [-0.2, -0.15) is 0 Å². The van der Waals surface area contributed by atoms with Crippen molar-refractivity contribution in [3.63, 3.8) is 0 Å². The highest BCUT2D eigenvalue weighted by atomic mass is 19.1. The minimum Gasteiger partial charge on any atom is -0.351 e. The molecule has 0 saturated carbocycles. The fourth-order valence-electron chi connectivity index (χ4n) is 1.91.